The Balaban J connectivity index is 1.75. The maximum atomic E-state index is 5.41. The van der Waals surface area contributed by atoms with Crippen LogP contribution >= 0.6 is 0 Å². The van der Waals surface area contributed by atoms with Crippen molar-refractivity contribution in [1.29, 1.82) is 0 Å². The lowest BCUT2D eigenvalue weighted by Gasteiger charge is -1.97. The zero-order chi connectivity index (χ0) is 15.3. The summed E-state index contributed by atoms with van der Waals surface area (Å²) in [5.41, 5.74) is 3.54. The van der Waals surface area contributed by atoms with Gasteiger partial charge in [-0.1, -0.05) is 5.16 Å². The number of rotatable bonds is 2. The number of nitrogens with zero attached hydrogens (tertiary/aromatic N) is 4. The van der Waals surface area contributed by atoms with Crippen LogP contribution in [0.2, 0.25) is 0 Å². The summed E-state index contributed by atoms with van der Waals surface area (Å²) in [6.45, 7) is 4.14. The molecule has 3 heterocycles. The van der Waals surface area contributed by atoms with Gasteiger partial charge in [0.25, 0.3) is 5.89 Å². The summed E-state index contributed by atoms with van der Waals surface area (Å²) >= 11 is 0. The largest absolute Gasteiger partial charge is 0.454 e. The number of ether oxygens (including phenoxy) is 2. The average Bonchev–Trinajstić information content (AvgIpc) is 3.19. The van der Waals surface area contributed by atoms with E-state index in [1.54, 1.807) is 4.68 Å². The highest BCUT2D eigenvalue weighted by molar-refractivity contribution is 5.65. The van der Waals surface area contributed by atoms with E-state index >= 15 is 0 Å². The number of aromatic nitrogens is 4. The molecule has 0 saturated carbocycles. The van der Waals surface area contributed by atoms with Crippen LogP contribution in [0.25, 0.3) is 22.8 Å². The molecule has 1 aliphatic heterocycles. The molecule has 1 aromatic carbocycles. The maximum Gasteiger partial charge on any atom is 0.261 e. The second kappa shape index (κ2) is 4.59. The lowest BCUT2D eigenvalue weighted by Crippen LogP contribution is -1.92. The van der Waals surface area contributed by atoms with E-state index in [-0.39, 0.29) is 6.79 Å². The standard InChI is InChI=1S/C15H14N4O3/c1-8-13(9(2)19(3)17-8)15-16-14(18-22-15)10-4-5-11-12(6-10)21-7-20-11/h4-6H,7H2,1-3H3. The molecule has 0 amide bonds. The Kier molecular flexibility index (Phi) is 2.69. The van der Waals surface area contributed by atoms with Crippen LogP contribution in [0.15, 0.2) is 22.7 Å². The Hall–Kier alpha value is -2.83. The van der Waals surface area contributed by atoms with Crippen LogP contribution in [0.4, 0.5) is 0 Å². The first-order valence-electron chi connectivity index (χ1n) is 6.88. The van der Waals surface area contributed by atoms with Gasteiger partial charge in [-0.15, -0.1) is 0 Å². The van der Waals surface area contributed by atoms with Crippen molar-refractivity contribution in [2.45, 2.75) is 13.8 Å². The molecule has 0 atom stereocenters. The Morgan fingerprint density at radius 2 is 1.95 bits per heavy atom. The Bertz CT molecular complexity index is 866. The molecule has 0 fully saturated rings. The number of aryl methyl sites for hydroxylation is 2. The fourth-order valence-electron chi connectivity index (χ4n) is 2.56. The predicted octanol–water partition coefficient (Wildman–Crippen LogP) is 2.48. The van der Waals surface area contributed by atoms with Crippen LogP contribution in [0.5, 0.6) is 11.5 Å². The van der Waals surface area contributed by atoms with E-state index in [2.05, 4.69) is 15.2 Å². The molecule has 112 valence electrons. The summed E-state index contributed by atoms with van der Waals surface area (Å²) in [6, 6.07) is 5.57. The van der Waals surface area contributed by atoms with E-state index in [1.165, 1.54) is 0 Å². The number of hydrogen-bond acceptors (Lipinski definition) is 6. The molecule has 22 heavy (non-hydrogen) atoms. The molecule has 0 aliphatic carbocycles. The Morgan fingerprint density at radius 3 is 2.73 bits per heavy atom. The third-order valence-electron chi connectivity index (χ3n) is 3.78. The molecule has 4 rings (SSSR count). The van der Waals surface area contributed by atoms with Gasteiger partial charge in [-0.3, -0.25) is 4.68 Å². The molecular weight excluding hydrogens is 284 g/mol. The number of hydrogen-bond donors (Lipinski definition) is 0. The van der Waals surface area contributed by atoms with Gasteiger partial charge in [0.1, 0.15) is 0 Å². The van der Waals surface area contributed by atoms with Gasteiger partial charge in [0.15, 0.2) is 11.5 Å². The molecule has 3 aromatic rings. The van der Waals surface area contributed by atoms with E-state index in [0.29, 0.717) is 17.5 Å². The third kappa shape index (κ3) is 1.86. The van der Waals surface area contributed by atoms with E-state index < -0.39 is 0 Å². The van der Waals surface area contributed by atoms with Crippen LogP contribution < -0.4 is 9.47 Å². The molecule has 0 radical (unpaired) electrons. The molecule has 1 aliphatic rings. The first kappa shape index (κ1) is 12.9. The van der Waals surface area contributed by atoms with Crippen molar-refractivity contribution in [3.8, 4) is 34.3 Å². The normalized spacial score (nSPS) is 12.9. The molecule has 0 N–H and O–H groups in total. The fraction of sp³-hybridized carbons (Fsp3) is 0.267. The van der Waals surface area contributed by atoms with E-state index in [0.717, 1.165) is 28.3 Å². The first-order valence-corrected chi connectivity index (χ1v) is 6.88. The number of fused-ring (bicyclic) bond motifs is 1. The zero-order valence-corrected chi connectivity index (χ0v) is 12.5. The highest BCUT2D eigenvalue weighted by Gasteiger charge is 2.20. The van der Waals surface area contributed by atoms with Gasteiger partial charge in [-0.05, 0) is 32.0 Å². The molecule has 0 spiro atoms. The van der Waals surface area contributed by atoms with Crippen LogP contribution in [-0.2, 0) is 7.05 Å². The van der Waals surface area contributed by atoms with Gasteiger partial charge in [-0.2, -0.15) is 10.1 Å². The molecule has 0 saturated heterocycles. The molecule has 7 heteroatoms. The summed E-state index contributed by atoms with van der Waals surface area (Å²) in [6.07, 6.45) is 0. The van der Waals surface area contributed by atoms with E-state index in [9.17, 15) is 0 Å². The van der Waals surface area contributed by atoms with Gasteiger partial charge in [0.05, 0.1) is 11.3 Å². The lowest BCUT2D eigenvalue weighted by atomic mass is 10.2. The third-order valence-corrected chi connectivity index (χ3v) is 3.78. The first-order chi connectivity index (χ1) is 10.6. The highest BCUT2D eigenvalue weighted by atomic mass is 16.7. The van der Waals surface area contributed by atoms with Gasteiger partial charge < -0.3 is 14.0 Å². The Morgan fingerprint density at radius 1 is 1.14 bits per heavy atom. The maximum absolute atomic E-state index is 5.41. The van der Waals surface area contributed by atoms with Crippen molar-refractivity contribution in [2.24, 2.45) is 7.05 Å². The van der Waals surface area contributed by atoms with Crippen molar-refractivity contribution in [2.75, 3.05) is 6.79 Å². The topological polar surface area (TPSA) is 75.2 Å². The highest BCUT2D eigenvalue weighted by Crippen LogP contribution is 2.35. The summed E-state index contributed by atoms with van der Waals surface area (Å²) in [5.74, 6) is 2.40. The van der Waals surface area contributed by atoms with Crippen LogP contribution in [0.3, 0.4) is 0 Å². The predicted molar refractivity (Wildman–Crippen MR) is 77.5 cm³/mol. The monoisotopic (exact) mass is 298 g/mol. The minimum Gasteiger partial charge on any atom is -0.454 e. The summed E-state index contributed by atoms with van der Waals surface area (Å²) in [7, 11) is 1.89. The van der Waals surface area contributed by atoms with Crippen molar-refractivity contribution in [1.82, 2.24) is 19.9 Å². The van der Waals surface area contributed by atoms with Crippen LogP contribution in [0.1, 0.15) is 11.4 Å². The quantitative estimate of drug-likeness (QED) is 0.723. The SMILES string of the molecule is Cc1nn(C)c(C)c1-c1nc(-c2ccc3c(c2)OCO3)no1. The van der Waals surface area contributed by atoms with E-state index in [4.69, 9.17) is 14.0 Å². The second-order valence-corrected chi connectivity index (χ2v) is 5.16. The van der Waals surface area contributed by atoms with Gasteiger partial charge >= 0.3 is 0 Å². The van der Waals surface area contributed by atoms with Gasteiger partial charge in [-0.25, -0.2) is 0 Å². The van der Waals surface area contributed by atoms with Crippen molar-refractivity contribution >= 4 is 0 Å². The zero-order valence-electron chi connectivity index (χ0n) is 12.5. The summed E-state index contributed by atoms with van der Waals surface area (Å²) in [5, 5.41) is 8.43. The molecule has 0 bridgehead atoms. The fourth-order valence-corrected chi connectivity index (χ4v) is 2.56. The van der Waals surface area contributed by atoms with Crippen LogP contribution in [0, 0.1) is 13.8 Å². The van der Waals surface area contributed by atoms with Crippen LogP contribution in [-0.4, -0.2) is 26.7 Å². The molecular formula is C15H14N4O3. The van der Waals surface area contributed by atoms with Crippen molar-refractivity contribution in [3.63, 3.8) is 0 Å². The molecule has 0 unspecified atom stereocenters. The summed E-state index contributed by atoms with van der Waals surface area (Å²) < 4.78 is 17.9. The van der Waals surface area contributed by atoms with Gasteiger partial charge in [0.2, 0.25) is 12.6 Å². The average molecular weight is 298 g/mol. The lowest BCUT2D eigenvalue weighted by molar-refractivity contribution is 0.174. The molecule has 7 nitrogen and oxygen atoms in total. The Labute approximate surface area is 126 Å². The van der Waals surface area contributed by atoms with E-state index in [1.807, 2.05) is 39.1 Å². The second-order valence-electron chi connectivity index (χ2n) is 5.16. The van der Waals surface area contributed by atoms with Crippen molar-refractivity contribution < 1.29 is 14.0 Å². The smallest absolute Gasteiger partial charge is 0.261 e. The number of benzene rings is 1. The minimum atomic E-state index is 0.240. The van der Waals surface area contributed by atoms with Crippen molar-refractivity contribution in [3.05, 3.63) is 29.6 Å². The minimum absolute atomic E-state index is 0.240. The van der Waals surface area contributed by atoms with Gasteiger partial charge in [0, 0.05) is 18.3 Å². The summed E-state index contributed by atoms with van der Waals surface area (Å²) in [4.78, 5) is 4.48. The molecule has 2 aromatic heterocycles.